The molecule has 1 fully saturated rings. The first kappa shape index (κ1) is 12.5. The number of alkyl halides is 1. The Bertz CT molecular complexity index is 333. The highest BCUT2D eigenvalue weighted by Gasteiger charge is 2.24. The van der Waals surface area contributed by atoms with Gasteiger partial charge >= 0.3 is 0 Å². The summed E-state index contributed by atoms with van der Waals surface area (Å²) in [5.74, 6) is 0.973. The van der Waals surface area contributed by atoms with Gasteiger partial charge in [0.2, 0.25) is 0 Å². The lowest BCUT2D eigenvalue weighted by molar-refractivity contribution is 0.183. The lowest BCUT2D eigenvalue weighted by atomic mass is 9.91. The predicted octanol–water partition coefficient (Wildman–Crippen LogP) is 1.57. The molecule has 0 spiro atoms. The van der Waals surface area contributed by atoms with Gasteiger partial charge in [-0.3, -0.25) is 4.68 Å². The van der Waals surface area contributed by atoms with E-state index in [1.54, 1.807) is 0 Å². The van der Waals surface area contributed by atoms with Gasteiger partial charge in [0, 0.05) is 13.0 Å². The molecule has 0 amide bonds. The van der Waals surface area contributed by atoms with Gasteiger partial charge in [-0.1, -0.05) is 6.92 Å². The number of aromatic nitrogens is 3. The lowest BCUT2D eigenvalue weighted by Gasteiger charge is -2.25. The highest BCUT2D eigenvalue weighted by Crippen LogP contribution is 2.21. The van der Waals surface area contributed by atoms with Crippen molar-refractivity contribution in [3.8, 4) is 0 Å². The average molecular weight is 240 g/mol. The molecule has 2 heterocycles. The van der Waals surface area contributed by atoms with E-state index in [2.05, 4.69) is 22.3 Å². The normalized spacial score (nSPS) is 19.4. The second-order valence-electron chi connectivity index (χ2n) is 4.71. The molecule has 0 radical (unpaired) electrons. The second-order valence-corrected chi connectivity index (χ2v) is 4.71. The Morgan fingerprint density at radius 3 is 3.00 bits per heavy atom. The maximum absolute atomic E-state index is 14.2. The highest BCUT2D eigenvalue weighted by atomic mass is 19.1. The van der Waals surface area contributed by atoms with E-state index in [0.29, 0.717) is 6.42 Å². The second kappa shape index (κ2) is 6.10. The fourth-order valence-corrected chi connectivity index (χ4v) is 2.39. The molecular formula is C12H21FN4. The lowest BCUT2D eigenvalue weighted by Crippen LogP contribution is -2.33. The summed E-state index contributed by atoms with van der Waals surface area (Å²) >= 11 is 0. The number of aryl methyl sites for hydroxylation is 1. The maximum atomic E-state index is 14.2. The van der Waals surface area contributed by atoms with Crippen LogP contribution in [0.3, 0.4) is 0 Å². The van der Waals surface area contributed by atoms with Crippen molar-refractivity contribution in [3.63, 3.8) is 0 Å². The molecule has 0 aliphatic carbocycles. The van der Waals surface area contributed by atoms with Crippen molar-refractivity contribution in [1.29, 1.82) is 0 Å². The highest BCUT2D eigenvalue weighted by molar-refractivity contribution is 4.90. The molecule has 4 nitrogen and oxygen atoms in total. The third kappa shape index (κ3) is 3.25. The van der Waals surface area contributed by atoms with Crippen LogP contribution in [0.2, 0.25) is 0 Å². The van der Waals surface area contributed by atoms with Crippen LogP contribution in [0.1, 0.15) is 32.0 Å². The minimum absolute atomic E-state index is 0.183. The molecule has 1 aliphatic heterocycles. The summed E-state index contributed by atoms with van der Waals surface area (Å²) in [6, 6.07) is 0. The van der Waals surface area contributed by atoms with Crippen molar-refractivity contribution in [2.75, 3.05) is 13.1 Å². The molecule has 1 aromatic heterocycles. The van der Waals surface area contributed by atoms with E-state index in [1.165, 1.54) is 6.33 Å². The molecule has 1 aromatic rings. The number of hydrogen-bond donors (Lipinski definition) is 1. The van der Waals surface area contributed by atoms with Gasteiger partial charge in [-0.15, -0.1) is 0 Å². The van der Waals surface area contributed by atoms with Gasteiger partial charge in [0.15, 0.2) is 0 Å². The molecular weight excluding hydrogens is 219 g/mol. The first-order valence-corrected chi connectivity index (χ1v) is 6.52. The molecule has 1 unspecified atom stereocenters. The molecule has 1 saturated heterocycles. The van der Waals surface area contributed by atoms with Crippen molar-refractivity contribution in [1.82, 2.24) is 20.1 Å². The zero-order valence-corrected chi connectivity index (χ0v) is 10.4. The van der Waals surface area contributed by atoms with E-state index in [4.69, 9.17) is 0 Å². The van der Waals surface area contributed by atoms with Crippen molar-refractivity contribution >= 4 is 0 Å². The Balaban J connectivity index is 1.92. The molecule has 17 heavy (non-hydrogen) atoms. The largest absolute Gasteiger partial charge is 0.317 e. The Morgan fingerprint density at radius 2 is 2.29 bits per heavy atom. The Hall–Kier alpha value is -0.970. The third-order valence-corrected chi connectivity index (χ3v) is 3.40. The molecule has 2 rings (SSSR count). The number of nitrogens with zero attached hydrogens (tertiary/aromatic N) is 3. The van der Waals surface area contributed by atoms with E-state index in [1.807, 2.05) is 4.68 Å². The summed E-state index contributed by atoms with van der Waals surface area (Å²) < 4.78 is 16.0. The van der Waals surface area contributed by atoms with E-state index in [9.17, 15) is 4.39 Å². The molecule has 0 saturated carbocycles. The van der Waals surface area contributed by atoms with Crippen LogP contribution in [-0.2, 0) is 13.0 Å². The summed E-state index contributed by atoms with van der Waals surface area (Å²) in [5.41, 5.74) is 0. The van der Waals surface area contributed by atoms with E-state index in [0.717, 1.165) is 44.7 Å². The van der Waals surface area contributed by atoms with Crippen molar-refractivity contribution < 1.29 is 4.39 Å². The van der Waals surface area contributed by atoms with Crippen molar-refractivity contribution in [2.45, 2.75) is 45.3 Å². The van der Waals surface area contributed by atoms with Gasteiger partial charge in [-0.05, 0) is 38.3 Å². The number of halogens is 1. The van der Waals surface area contributed by atoms with Crippen LogP contribution in [-0.4, -0.2) is 34.0 Å². The zero-order valence-electron chi connectivity index (χ0n) is 10.4. The summed E-state index contributed by atoms with van der Waals surface area (Å²) in [4.78, 5) is 4.17. The van der Waals surface area contributed by atoms with Crippen LogP contribution in [0, 0.1) is 5.92 Å². The van der Waals surface area contributed by atoms with E-state index in [-0.39, 0.29) is 5.92 Å². The van der Waals surface area contributed by atoms with Crippen LogP contribution in [0.15, 0.2) is 6.33 Å². The first-order chi connectivity index (χ1) is 8.31. The van der Waals surface area contributed by atoms with Gasteiger partial charge in [-0.25, -0.2) is 9.37 Å². The van der Waals surface area contributed by atoms with Crippen molar-refractivity contribution in [2.24, 2.45) is 5.92 Å². The smallest absolute Gasteiger partial charge is 0.138 e. The monoisotopic (exact) mass is 240 g/mol. The van der Waals surface area contributed by atoms with Crippen molar-refractivity contribution in [3.05, 3.63) is 12.2 Å². The standard InChI is InChI=1S/C12H21FN4/c1-2-7-17-12(15-9-16-17)8-11(13)10-3-5-14-6-4-10/h9-11,14H,2-8H2,1H3. The molecule has 0 aromatic carbocycles. The fourth-order valence-electron chi connectivity index (χ4n) is 2.39. The van der Waals surface area contributed by atoms with Gasteiger partial charge in [0.1, 0.15) is 18.3 Å². The Morgan fingerprint density at radius 1 is 1.53 bits per heavy atom. The van der Waals surface area contributed by atoms with Gasteiger partial charge < -0.3 is 5.32 Å². The van der Waals surface area contributed by atoms with E-state index >= 15 is 0 Å². The van der Waals surface area contributed by atoms with Gasteiger partial charge in [0.05, 0.1) is 0 Å². The van der Waals surface area contributed by atoms with Crippen LogP contribution < -0.4 is 5.32 Å². The quantitative estimate of drug-likeness (QED) is 0.849. The zero-order chi connectivity index (χ0) is 12.1. The minimum Gasteiger partial charge on any atom is -0.317 e. The topological polar surface area (TPSA) is 42.7 Å². The molecule has 1 atom stereocenters. The summed E-state index contributed by atoms with van der Waals surface area (Å²) in [7, 11) is 0. The predicted molar refractivity (Wildman–Crippen MR) is 64.5 cm³/mol. The van der Waals surface area contributed by atoms with E-state index < -0.39 is 6.17 Å². The van der Waals surface area contributed by atoms with Gasteiger partial charge in [-0.2, -0.15) is 5.10 Å². The van der Waals surface area contributed by atoms with Crippen LogP contribution in [0.25, 0.3) is 0 Å². The molecule has 1 N–H and O–H groups in total. The number of piperidine rings is 1. The molecule has 96 valence electrons. The average Bonchev–Trinajstić information content (AvgIpc) is 2.78. The number of nitrogens with one attached hydrogen (secondary N) is 1. The summed E-state index contributed by atoms with van der Waals surface area (Å²) in [6.07, 6.45) is 4.02. The molecule has 0 bridgehead atoms. The Labute approximate surface area is 102 Å². The Kier molecular flexibility index (Phi) is 4.48. The summed E-state index contributed by atoms with van der Waals surface area (Å²) in [6.45, 7) is 4.79. The maximum Gasteiger partial charge on any atom is 0.138 e. The third-order valence-electron chi connectivity index (χ3n) is 3.40. The minimum atomic E-state index is -0.781. The fraction of sp³-hybridized carbons (Fsp3) is 0.833. The van der Waals surface area contributed by atoms with Gasteiger partial charge in [0.25, 0.3) is 0 Å². The SMILES string of the molecule is CCCn1ncnc1CC(F)C1CCNCC1. The van der Waals surface area contributed by atoms with Crippen LogP contribution >= 0.6 is 0 Å². The summed E-state index contributed by atoms with van der Waals surface area (Å²) in [5, 5.41) is 7.39. The molecule has 1 aliphatic rings. The number of rotatable bonds is 5. The van der Waals surface area contributed by atoms with Crippen LogP contribution in [0.5, 0.6) is 0 Å². The molecule has 5 heteroatoms. The first-order valence-electron chi connectivity index (χ1n) is 6.52. The number of hydrogen-bond acceptors (Lipinski definition) is 3. The van der Waals surface area contributed by atoms with Crippen LogP contribution in [0.4, 0.5) is 4.39 Å².